The second-order valence-corrected chi connectivity index (χ2v) is 4.80. The first kappa shape index (κ1) is 15.9. The van der Waals surface area contributed by atoms with Crippen molar-refractivity contribution in [2.24, 2.45) is 0 Å². The van der Waals surface area contributed by atoms with E-state index in [4.69, 9.17) is 11.6 Å². The van der Waals surface area contributed by atoms with E-state index >= 15 is 0 Å². The van der Waals surface area contributed by atoms with Crippen LogP contribution in [-0.2, 0) is 0 Å². The SMILES string of the molecule is O=C(CCl)c1ccccc1.O=C1C=CC(=O)c2ccccc21. The Morgan fingerprint density at radius 1 is 0.773 bits per heavy atom. The summed E-state index contributed by atoms with van der Waals surface area (Å²) in [6, 6.07) is 15.9. The maximum atomic E-state index is 11.2. The summed E-state index contributed by atoms with van der Waals surface area (Å²) in [5.74, 6) is -0.151. The number of benzene rings is 2. The van der Waals surface area contributed by atoms with Crippen LogP contribution < -0.4 is 0 Å². The summed E-state index contributed by atoms with van der Waals surface area (Å²) in [5.41, 5.74) is 1.69. The van der Waals surface area contributed by atoms with Crippen molar-refractivity contribution >= 4 is 29.0 Å². The van der Waals surface area contributed by atoms with E-state index in [1.807, 2.05) is 18.2 Å². The first-order valence-electron chi connectivity index (χ1n) is 6.63. The largest absolute Gasteiger partial charge is 0.293 e. The molecule has 22 heavy (non-hydrogen) atoms. The van der Waals surface area contributed by atoms with Crippen LogP contribution in [0.3, 0.4) is 0 Å². The summed E-state index contributed by atoms with van der Waals surface area (Å²) >= 11 is 5.34. The molecule has 0 aromatic heterocycles. The third-order valence-corrected chi connectivity index (χ3v) is 3.30. The van der Waals surface area contributed by atoms with Crippen LogP contribution in [0.2, 0.25) is 0 Å². The highest BCUT2D eigenvalue weighted by atomic mass is 35.5. The number of Topliss-reactive ketones (excluding diaryl/α,β-unsaturated/α-hetero) is 1. The minimum atomic E-state index is -0.0924. The van der Waals surface area contributed by atoms with Gasteiger partial charge in [-0.2, -0.15) is 0 Å². The molecule has 1 aliphatic carbocycles. The minimum Gasteiger partial charge on any atom is -0.293 e. The van der Waals surface area contributed by atoms with Gasteiger partial charge in [-0.3, -0.25) is 14.4 Å². The molecule has 3 nitrogen and oxygen atoms in total. The molecule has 0 aliphatic heterocycles. The highest BCUT2D eigenvalue weighted by Crippen LogP contribution is 2.15. The van der Waals surface area contributed by atoms with Gasteiger partial charge in [0.1, 0.15) is 0 Å². The van der Waals surface area contributed by atoms with E-state index in [2.05, 4.69) is 0 Å². The van der Waals surface area contributed by atoms with Gasteiger partial charge in [-0.05, 0) is 12.2 Å². The first-order chi connectivity index (χ1) is 10.6. The van der Waals surface area contributed by atoms with Crippen molar-refractivity contribution in [1.29, 1.82) is 0 Å². The maximum Gasteiger partial charge on any atom is 0.186 e. The number of alkyl halides is 1. The van der Waals surface area contributed by atoms with Gasteiger partial charge >= 0.3 is 0 Å². The number of hydrogen-bond donors (Lipinski definition) is 0. The molecular weight excluding hydrogens is 300 g/mol. The van der Waals surface area contributed by atoms with Gasteiger partial charge < -0.3 is 0 Å². The molecule has 0 radical (unpaired) electrons. The van der Waals surface area contributed by atoms with E-state index in [0.717, 1.165) is 0 Å². The minimum absolute atomic E-state index is 0.0257. The Balaban J connectivity index is 0.000000164. The Bertz CT molecular complexity index is 696. The molecule has 0 N–H and O–H groups in total. The number of fused-ring (bicyclic) bond motifs is 1. The number of halogens is 1. The Hall–Kier alpha value is -2.52. The predicted octanol–water partition coefficient (Wildman–Crippen LogP) is 3.73. The van der Waals surface area contributed by atoms with Crippen molar-refractivity contribution in [3.05, 3.63) is 83.4 Å². The molecule has 0 unspecified atom stereocenters. The normalized spacial score (nSPS) is 12.2. The zero-order chi connectivity index (χ0) is 15.9. The molecule has 3 rings (SSSR count). The predicted molar refractivity (Wildman–Crippen MR) is 85.7 cm³/mol. The molecule has 0 saturated heterocycles. The quantitative estimate of drug-likeness (QED) is 0.627. The molecule has 0 amide bonds. The van der Waals surface area contributed by atoms with Crippen molar-refractivity contribution in [3.63, 3.8) is 0 Å². The lowest BCUT2D eigenvalue weighted by atomic mass is 9.95. The van der Waals surface area contributed by atoms with Crippen LogP contribution in [0.25, 0.3) is 0 Å². The second kappa shape index (κ2) is 7.48. The third kappa shape index (κ3) is 3.77. The van der Waals surface area contributed by atoms with Gasteiger partial charge in [-0.25, -0.2) is 0 Å². The fourth-order valence-corrected chi connectivity index (χ4v) is 2.10. The zero-order valence-electron chi connectivity index (χ0n) is 11.7. The summed E-state index contributed by atoms with van der Waals surface area (Å²) in [6.45, 7) is 0. The zero-order valence-corrected chi connectivity index (χ0v) is 12.4. The first-order valence-corrected chi connectivity index (χ1v) is 7.17. The van der Waals surface area contributed by atoms with Crippen LogP contribution in [0.5, 0.6) is 0 Å². The van der Waals surface area contributed by atoms with Crippen molar-refractivity contribution in [3.8, 4) is 0 Å². The van der Waals surface area contributed by atoms with Gasteiger partial charge in [-0.15, -0.1) is 11.6 Å². The van der Waals surface area contributed by atoms with E-state index in [0.29, 0.717) is 16.7 Å². The molecule has 0 heterocycles. The summed E-state index contributed by atoms with van der Waals surface area (Å²) in [5, 5.41) is 0. The summed E-state index contributed by atoms with van der Waals surface area (Å²) < 4.78 is 0. The summed E-state index contributed by atoms with van der Waals surface area (Å²) in [7, 11) is 0. The van der Waals surface area contributed by atoms with Crippen molar-refractivity contribution in [2.75, 3.05) is 5.88 Å². The van der Waals surface area contributed by atoms with Gasteiger partial charge in [0.05, 0.1) is 5.88 Å². The van der Waals surface area contributed by atoms with Crippen LogP contribution in [-0.4, -0.2) is 23.2 Å². The van der Waals surface area contributed by atoms with Crippen molar-refractivity contribution < 1.29 is 14.4 Å². The Morgan fingerprint density at radius 3 is 1.68 bits per heavy atom. The van der Waals surface area contributed by atoms with E-state index in [9.17, 15) is 14.4 Å². The number of rotatable bonds is 2. The molecular formula is C18H13ClO3. The van der Waals surface area contributed by atoms with E-state index < -0.39 is 0 Å². The molecule has 0 bridgehead atoms. The lowest BCUT2D eigenvalue weighted by Gasteiger charge is -2.06. The second-order valence-electron chi connectivity index (χ2n) is 4.53. The van der Waals surface area contributed by atoms with E-state index in [1.165, 1.54) is 12.2 Å². The average Bonchev–Trinajstić information content (AvgIpc) is 2.59. The molecule has 0 fully saturated rings. The Kier molecular flexibility index (Phi) is 5.39. The van der Waals surface area contributed by atoms with Gasteiger partial charge in [0.15, 0.2) is 17.3 Å². The molecule has 4 heteroatoms. The average molecular weight is 313 g/mol. The number of ketones is 3. The van der Waals surface area contributed by atoms with Crippen LogP contribution in [0, 0.1) is 0 Å². The summed E-state index contributed by atoms with van der Waals surface area (Å²) in [4.78, 5) is 33.3. The van der Waals surface area contributed by atoms with Crippen LogP contribution in [0.1, 0.15) is 31.1 Å². The van der Waals surface area contributed by atoms with Crippen molar-refractivity contribution in [1.82, 2.24) is 0 Å². The third-order valence-electron chi connectivity index (χ3n) is 3.06. The number of carbonyl (C=O) groups excluding carboxylic acids is 3. The molecule has 110 valence electrons. The number of allylic oxidation sites excluding steroid dienone is 2. The Morgan fingerprint density at radius 2 is 1.23 bits per heavy atom. The number of carbonyl (C=O) groups is 3. The number of hydrogen-bond acceptors (Lipinski definition) is 3. The molecule has 0 atom stereocenters. The lowest BCUT2D eigenvalue weighted by molar-refractivity contribution is 0.0994. The fourth-order valence-electron chi connectivity index (χ4n) is 1.94. The van der Waals surface area contributed by atoms with Gasteiger partial charge in [0.2, 0.25) is 0 Å². The summed E-state index contributed by atoms with van der Waals surface area (Å²) in [6.07, 6.45) is 2.62. The van der Waals surface area contributed by atoms with E-state index in [1.54, 1.807) is 36.4 Å². The monoisotopic (exact) mass is 312 g/mol. The fraction of sp³-hybridized carbons (Fsp3) is 0.0556. The molecule has 1 aliphatic rings. The molecule has 0 saturated carbocycles. The van der Waals surface area contributed by atoms with E-state index in [-0.39, 0.29) is 23.2 Å². The topological polar surface area (TPSA) is 51.2 Å². The highest BCUT2D eigenvalue weighted by Gasteiger charge is 2.16. The molecule has 0 spiro atoms. The van der Waals surface area contributed by atoms with Gasteiger partial charge in [0.25, 0.3) is 0 Å². The van der Waals surface area contributed by atoms with Gasteiger partial charge in [-0.1, -0.05) is 54.6 Å². The smallest absolute Gasteiger partial charge is 0.186 e. The van der Waals surface area contributed by atoms with Crippen molar-refractivity contribution in [2.45, 2.75) is 0 Å². The van der Waals surface area contributed by atoms with Gasteiger partial charge in [0, 0.05) is 16.7 Å². The molecule has 2 aromatic rings. The van der Waals surface area contributed by atoms with Crippen LogP contribution >= 0.6 is 11.6 Å². The lowest BCUT2D eigenvalue weighted by Crippen LogP contribution is -2.10. The van der Waals surface area contributed by atoms with Crippen LogP contribution in [0.15, 0.2) is 66.7 Å². The Labute approximate surface area is 133 Å². The standard InChI is InChI=1S/C10H6O2.C8H7ClO/c11-9-5-6-10(12)8-4-2-1-3-7(8)9;9-6-8(10)7-4-2-1-3-5-7/h1-6H;1-5H,6H2. The molecule has 2 aromatic carbocycles. The maximum absolute atomic E-state index is 11.2. The highest BCUT2D eigenvalue weighted by molar-refractivity contribution is 6.30. The van der Waals surface area contributed by atoms with Crippen LogP contribution in [0.4, 0.5) is 0 Å².